The van der Waals surface area contributed by atoms with Crippen LogP contribution in [0, 0.1) is 0 Å². The van der Waals surface area contributed by atoms with Crippen LogP contribution in [0.3, 0.4) is 0 Å². The molecule has 108 valence electrons. The molecule has 5 heteroatoms. The first-order valence-electron chi connectivity index (χ1n) is 6.76. The fourth-order valence-corrected chi connectivity index (χ4v) is 3.35. The van der Waals surface area contributed by atoms with E-state index < -0.39 is 5.97 Å². The number of carboxylic acid groups (broad SMARTS) is 1. The van der Waals surface area contributed by atoms with Crippen LogP contribution < -0.4 is 0 Å². The zero-order chi connectivity index (χ0) is 15.3. The minimum Gasteiger partial charge on any atom is -0.478 e. The molecule has 22 heavy (non-hydrogen) atoms. The summed E-state index contributed by atoms with van der Waals surface area (Å²) in [7, 11) is 0. The van der Waals surface area contributed by atoms with Gasteiger partial charge in [0.25, 0.3) is 0 Å². The Labute approximate surface area is 134 Å². The minimum atomic E-state index is -0.919. The molecule has 4 aromatic rings. The fourth-order valence-electron chi connectivity index (χ4n) is 2.83. The van der Waals surface area contributed by atoms with Crippen molar-refractivity contribution in [1.82, 2.24) is 8.58 Å². The zero-order valence-corrected chi connectivity index (χ0v) is 13.0. The third-order valence-electron chi connectivity index (χ3n) is 3.89. The van der Waals surface area contributed by atoms with E-state index in [1.807, 2.05) is 34.2 Å². The summed E-state index contributed by atoms with van der Waals surface area (Å²) in [5.74, 6) is -0.919. The Kier molecular flexibility index (Phi) is 2.84. The maximum absolute atomic E-state index is 11.2. The van der Waals surface area contributed by atoms with Crippen LogP contribution in [-0.2, 0) is 0 Å². The van der Waals surface area contributed by atoms with Crippen LogP contribution in [0.5, 0.6) is 0 Å². The number of aromatic amines is 1. The Morgan fingerprint density at radius 3 is 2.73 bits per heavy atom. The fraction of sp³-hybridized carbons (Fsp3) is 0. The summed E-state index contributed by atoms with van der Waals surface area (Å²) in [6.45, 7) is 0. The molecule has 0 aliphatic carbocycles. The van der Waals surface area contributed by atoms with E-state index >= 15 is 0 Å². The smallest absolute Gasteiger partial charge is 0.335 e. The number of aromatic carboxylic acids is 1. The summed E-state index contributed by atoms with van der Waals surface area (Å²) < 4.78 is 1.90. The van der Waals surface area contributed by atoms with Gasteiger partial charge in [0.2, 0.25) is 0 Å². The molecule has 4 rings (SSSR count). The number of fused-ring (bicyclic) bond motifs is 2. The Bertz CT molecular complexity index is 1030. The van der Waals surface area contributed by atoms with Crippen LogP contribution in [0.15, 0.2) is 54.9 Å². The van der Waals surface area contributed by atoms with Crippen molar-refractivity contribution in [2.75, 3.05) is 0 Å². The molecule has 0 spiro atoms. The largest absolute Gasteiger partial charge is 0.478 e. The molecule has 0 saturated carbocycles. The highest BCUT2D eigenvalue weighted by molar-refractivity contribution is 9.08. The number of para-hydroxylation sites is 1. The minimum absolute atomic E-state index is 0.288. The van der Waals surface area contributed by atoms with Gasteiger partial charge >= 0.3 is 5.97 Å². The first-order valence-corrected chi connectivity index (χ1v) is 7.47. The third-order valence-corrected chi connectivity index (χ3v) is 4.47. The van der Waals surface area contributed by atoms with Gasteiger partial charge in [-0.15, -0.1) is 0 Å². The van der Waals surface area contributed by atoms with Gasteiger partial charge in [-0.3, -0.25) is 3.59 Å². The molecule has 0 bridgehead atoms. The van der Waals surface area contributed by atoms with Gasteiger partial charge < -0.3 is 10.1 Å². The lowest BCUT2D eigenvalue weighted by Crippen LogP contribution is -1.94. The summed E-state index contributed by atoms with van der Waals surface area (Å²) in [6, 6.07) is 13.2. The van der Waals surface area contributed by atoms with Crippen molar-refractivity contribution in [3.8, 4) is 11.1 Å². The van der Waals surface area contributed by atoms with Gasteiger partial charge in [-0.05, 0) is 24.3 Å². The van der Waals surface area contributed by atoms with E-state index in [9.17, 15) is 9.90 Å². The molecule has 0 unspecified atom stereocenters. The Hall–Kier alpha value is -2.53. The molecule has 0 atom stereocenters. The van der Waals surface area contributed by atoms with Crippen molar-refractivity contribution in [2.45, 2.75) is 0 Å². The summed E-state index contributed by atoms with van der Waals surface area (Å²) in [6.07, 6.45) is 3.92. The Morgan fingerprint density at radius 2 is 1.91 bits per heavy atom. The lowest BCUT2D eigenvalue weighted by molar-refractivity contribution is 0.0697. The number of hydrogen-bond acceptors (Lipinski definition) is 1. The standard InChI is InChI=1S/C17H11BrN2O2/c18-20-9-14(11-3-1-2-4-16(11)20)13-8-19-15-6-5-10(17(21)22)7-12(13)15/h1-9,19H,(H,21,22). The van der Waals surface area contributed by atoms with Crippen LogP contribution in [0.25, 0.3) is 32.9 Å². The second-order valence-corrected chi connectivity index (χ2v) is 5.90. The molecule has 0 amide bonds. The van der Waals surface area contributed by atoms with Crippen LogP contribution in [0.2, 0.25) is 0 Å². The van der Waals surface area contributed by atoms with Crippen molar-refractivity contribution in [3.63, 3.8) is 0 Å². The van der Waals surface area contributed by atoms with E-state index in [4.69, 9.17) is 0 Å². The quantitative estimate of drug-likeness (QED) is 0.550. The van der Waals surface area contributed by atoms with E-state index in [1.54, 1.807) is 18.2 Å². The molecule has 0 saturated heterocycles. The summed E-state index contributed by atoms with van der Waals surface area (Å²) >= 11 is 3.52. The Balaban J connectivity index is 2.04. The Morgan fingerprint density at radius 1 is 1.09 bits per heavy atom. The SMILES string of the molecule is O=C(O)c1ccc2[nH]cc(-c3cn(Br)c4ccccc34)c2c1. The number of nitrogens with one attached hydrogen (secondary N) is 1. The van der Waals surface area contributed by atoms with Gasteiger partial charge in [0, 0.05) is 39.8 Å². The monoisotopic (exact) mass is 354 g/mol. The van der Waals surface area contributed by atoms with Gasteiger partial charge in [-0.2, -0.15) is 0 Å². The maximum atomic E-state index is 11.2. The van der Waals surface area contributed by atoms with E-state index in [2.05, 4.69) is 27.2 Å². The molecule has 4 nitrogen and oxygen atoms in total. The van der Waals surface area contributed by atoms with Crippen LogP contribution in [-0.4, -0.2) is 19.7 Å². The second-order valence-electron chi connectivity index (χ2n) is 5.14. The van der Waals surface area contributed by atoms with Crippen molar-refractivity contribution >= 4 is 43.9 Å². The molecule has 2 N–H and O–H groups in total. The predicted molar refractivity (Wildman–Crippen MR) is 90.5 cm³/mol. The van der Waals surface area contributed by atoms with Crippen molar-refractivity contribution < 1.29 is 9.90 Å². The molecular formula is C17H11BrN2O2. The van der Waals surface area contributed by atoms with Crippen molar-refractivity contribution in [3.05, 3.63) is 60.4 Å². The van der Waals surface area contributed by atoms with Gasteiger partial charge in [-0.25, -0.2) is 4.79 Å². The number of carbonyl (C=O) groups is 1. The second kappa shape index (κ2) is 4.74. The summed E-state index contributed by atoms with van der Waals surface area (Å²) in [5.41, 5.74) is 4.33. The molecule has 0 fully saturated rings. The lowest BCUT2D eigenvalue weighted by atomic mass is 10.0. The number of hydrogen-bond donors (Lipinski definition) is 2. The first kappa shape index (κ1) is 13.2. The first-order chi connectivity index (χ1) is 10.6. The zero-order valence-electron chi connectivity index (χ0n) is 11.4. The summed E-state index contributed by atoms with van der Waals surface area (Å²) in [5, 5.41) is 11.2. The number of nitrogens with zero attached hydrogens (tertiary/aromatic N) is 1. The molecule has 0 aliphatic heterocycles. The van der Waals surface area contributed by atoms with Gasteiger partial charge in [0.15, 0.2) is 0 Å². The highest BCUT2D eigenvalue weighted by Crippen LogP contribution is 2.36. The number of halogens is 1. The summed E-state index contributed by atoms with van der Waals surface area (Å²) in [4.78, 5) is 14.4. The lowest BCUT2D eigenvalue weighted by Gasteiger charge is -1.99. The average Bonchev–Trinajstić information content (AvgIpc) is 3.08. The van der Waals surface area contributed by atoms with Crippen LogP contribution >= 0.6 is 16.1 Å². The van der Waals surface area contributed by atoms with Crippen LogP contribution in [0.4, 0.5) is 0 Å². The third kappa shape index (κ3) is 1.86. The maximum Gasteiger partial charge on any atom is 0.335 e. The molecule has 2 aromatic carbocycles. The van der Waals surface area contributed by atoms with Gasteiger partial charge in [-0.1, -0.05) is 18.2 Å². The topological polar surface area (TPSA) is 58.0 Å². The van der Waals surface area contributed by atoms with E-state index in [0.29, 0.717) is 0 Å². The molecule has 0 radical (unpaired) electrons. The molecule has 2 heterocycles. The van der Waals surface area contributed by atoms with Crippen molar-refractivity contribution in [1.29, 1.82) is 0 Å². The number of aromatic nitrogens is 2. The normalized spacial score (nSPS) is 11.3. The van der Waals surface area contributed by atoms with Gasteiger partial charge in [0.1, 0.15) is 0 Å². The van der Waals surface area contributed by atoms with Gasteiger partial charge in [0.05, 0.1) is 27.2 Å². The number of rotatable bonds is 2. The molecular weight excluding hydrogens is 344 g/mol. The molecule has 2 aromatic heterocycles. The highest BCUT2D eigenvalue weighted by atomic mass is 79.9. The number of benzene rings is 2. The highest BCUT2D eigenvalue weighted by Gasteiger charge is 2.14. The van der Waals surface area contributed by atoms with E-state index in [1.165, 1.54) is 0 Å². The van der Waals surface area contributed by atoms with Crippen molar-refractivity contribution in [2.24, 2.45) is 0 Å². The predicted octanol–water partition coefficient (Wildman–Crippen LogP) is 4.65. The number of H-pyrrole nitrogens is 1. The van der Waals surface area contributed by atoms with E-state index in [0.717, 1.165) is 32.9 Å². The molecule has 0 aliphatic rings. The average molecular weight is 355 g/mol. The van der Waals surface area contributed by atoms with Crippen LogP contribution in [0.1, 0.15) is 10.4 Å². The van der Waals surface area contributed by atoms with E-state index in [-0.39, 0.29) is 5.56 Å². The number of carboxylic acids is 1.